The molecule has 0 spiro atoms. The molecule has 2 aromatic carbocycles. The summed E-state index contributed by atoms with van der Waals surface area (Å²) in [6.45, 7) is 5.29. The topological polar surface area (TPSA) is 93.2 Å². The number of nitrogens with zero attached hydrogens (tertiary/aromatic N) is 2. The van der Waals surface area contributed by atoms with E-state index >= 15 is 0 Å². The average Bonchev–Trinajstić information content (AvgIpc) is 2.64. The number of ether oxygens (including phenoxy) is 1. The van der Waals surface area contributed by atoms with Gasteiger partial charge in [0.15, 0.2) is 0 Å². The van der Waals surface area contributed by atoms with Gasteiger partial charge in [-0.3, -0.25) is 9.59 Å². The number of benzene rings is 2. The van der Waals surface area contributed by atoms with Gasteiger partial charge in [0.2, 0.25) is 17.7 Å². The van der Waals surface area contributed by atoms with Gasteiger partial charge in [-0.1, -0.05) is 29.8 Å². The standard InChI is InChI=1S/C22H22N4O3/c1-14-5-4-6-17(9-14)11-21(28)26-19-8-7-18(10-15(19)2)29-22-12-20(23-13-24-22)25-16(3)27/h4-10,12-13H,11H2,1-3H3,(H,26,28)(H,23,24,25,27). The van der Waals surface area contributed by atoms with Crippen molar-refractivity contribution in [2.24, 2.45) is 0 Å². The highest BCUT2D eigenvalue weighted by Crippen LogP contribution is 2.26. The predicted molar refractivity (Wildman–Crippen MR) is 111 cm³/mol. The minimum atomic E-state index is -0.226. The first kappa shape index (κ1) is 20.0. The molecule has 29 heavy (non-hydrogen) atoms. The second-order valence-corrected chi connectivity index (χ2v) is 6.72. The van der Waals surface area contributed by atoms with Gasteiger partial charge < -0.3 is 15.4 Å². The average molecular weight is 390 g/mol. The number of hydrogen-bond donors (Lipinski definition) is 2. The number of rotatable bonds is 6. The van der Waals surface area contributed by atoms with Crippen LogP contribution in [0.3, 0.4) is 0 Å². The number of carbonyl (C=O) groups excluding carboxylic acids is 2. The van der Waals surface area contributed by atoms with Gasteiger partial charge in [0.05, 0.1) is 6.42 Å². The lowest BCUT2D eigenvalue weighted by Crippen LogP contribution is -2.15. The van der Waals surface area contributed by atoms with E-state index in [-0.39, 0.29) is 11.8 Å². The van der Waals surface area contributed by atoms with Crippen LogP contribution >= 0.6 is 0 Å². The number of nitrogens with one attached hydrogen (secondary N) is 2. The van der Waals surface area contributed by atoms with Crippen molar-refractivity contribution in [3.8, 4) is 11.6 Å². The summed E-state index contributed by atoms with van der Waals surface area (Å²) in [5.41, 5.74) is 3.67. The van der Waals surface area contributed by atoms with E-state index in [0.717, 1.165) is 22.4 Å². The number of anilines is 2. The Morgan fingerprint density at radius 2 is 1.83 bits per heavy atom. The molecule has 0 aliphatic rings. The van der Waals surface area contributed by atoms with Crippen LogP contribution in [0.25, 0.3) is 0 Å². The van der Waals surface area contributed by atoms with Crippen LogP contribution in [-0.4, -0.2) is 21.8 Å². The summed E-state index contributed by atoms with van der Waals surface area (Å²) in [6, 6.07) is 14.8. The zero-order valence-electron chi connectivity index (χ0n) is 16.5. The molecule has 0 bridgehead atoms. The maximum Gasteiger partial charge on any atom is 0.228 e. The van der Waals surface area contributed by atoms with Crippen molar-refractivity contribution in [3.05, 3.63) is 71.5 Å². The van der Waals surface area contributed by atoms with Gasteiger partial charge in [-0.25, -0.2) is 9.97 Å². The Labute approximate surface area is 169 Å². The SMILES string of the molecule is CC(=O)Nc1cc(Oc2ccc(NC(=O)Cc3cccc(C)c3)c(C)c2)ncn1. The fourth-order valence-electron chi connectivity index (χ4n) is 2.81. The molecule has 148 valence electrons. The van der Waals surface area contributed by atoms with E-state index in [2.05, 4.69) is 20.6 Å². The molecule has 0 saturated carbocycles. The summed E-state index contributed by atoms with van der Waals surface area (Å²) < 4.78 is 5.74. The van der Waals surface area contributed by atoms with Crippen LogP contribution in [0.5, 0.6) is 11.6 Å². The maximum absolute atomic E-state index is 12.4. The molecule has 7 nitrogen and oxygen atoms in total. The molecule has 0 aliphatic carbocycles. The quantitative estimate of drug-likeness (QED) is 0.663. The van der Waals surface area contributed by atoms with Crippen molar-refractivity contribution in [2.45, 2.75) is 27.2 Å². The molecule has 1 heterocycles. The van der Waals surface area contributed by atoms with E-state index in [4.69, 9.17) is 4.74 Å². The van der Waals surface area contributed by atoms with Crippen LogP contribution in [0.2, 0.25) is 0 Å². The van der Waals surface area contributed by atoms with E-state index < -0.39 is 0 Å². The predicted octanol–water partition coefficient (Wildman–Crippen LogP) is 4.03. The maximum atomic E-state index is 12.4. The third kappa shape index (κ3) is 5.87. The molecule has 3 rings (SSSR count). The highest BCUT2D eigenvalue weighted by atomic mass is 16.5. The molecular weight excluding hydrogens is 368 g/mol. The van der Waals surface area contributed by atoms with Crippen LogP contribution in [0.4, 0.5) is 11.5 Å². The first-order valence-corrected chi connectivity index (χ1v) is 9.12. The Kier molecular flexibility index (Phi) is 6.19. The van der Waals surface area contributed by atoms with E-state index in [0.29, 0.717) is 23.9 Å². The zero-order valence-corrected chi connectivity index (χ0v) is 16.5. The molecule has 0 aliphatic heterocycles. The minimum absolute atomic E-state index is 0.0804. The monoisotopic (exact) mass is 390 g/mol. The number of carbonyl (C=O) groups is 2. The molecule has 1 aromatic heterocycles. The van der Waals surface area contributed by atoms with Crippen molar-refractivity contribution < 1.29 is 14.3 Å². The van der Waals surface area contributed by atoms with Gasteiger partial charge in [0.25, 0.3) is 0 Å². The van der Waals surface area contributed by atoms with Gasteiger partial charge >= 0.3 is 0 Å². The highest BCUT2D eigenvalue weighted by molar-refractivity contribution is 5.93. The van der Waals surface area contributed by atoms with Crippen molar-refractivity contribution in [1.82, 2.24) is 9.97 Å². The molecule has 0 saturated heterocycles. The zero-order chi connectivity index (χ0) is 20.8. The van der Waals surface area contributed by atoms with Crippen LogP contribution in [0.1, 0.15) is 23.6 Å². The van der Waals surface area contributed by atoms with Crippen molar-refractivity contribution in [1.29, 1.82) is 0 Å². The number of amides is 2. The number of aryl methyl sites for hydroxylation is 2. The summed E-state index contributed by atoms with van der Waals surface area (Å²) in [5, 5.41) is 5.51. The Balaban J connectivity index is 1.65. The summed E-state index contributed by atoms with van der Waals surface area (Å²) in [4.78, 5) is 31.5. The van der Waals surface area contributed by atoms with Crippen LogP contribution in [-0.2, 0) is 16.0 Å². The van der Waals surface area contributed by atoms with Gasteiger partial charge in [-0.2, -0.15) is 0 Å². The van der Waals surface area contributed by atoms with Gasteiger partial charge in [-0.15, -0.1) is 0 Å². The van der Waals surface area contributed by atoms with Gasteiger partial charge in [0, 0.05) is 18.7 Å². The molecule has 0 radical (unpaired) electrons. The smallest absolute Gasteiger partial charge is 0.228 e. The summed E-state index contributed by atoms with van der Waals surface area (Å²) >= 11 is 0. The lowest BCUT2D eigenvalue weighted by molar-refractivity contribution is -0.116. The third-order valence-corrected chi connectivity index (χ3v) is 4.09. The molecule has 0 fully saturated rings. The fourth-order valence-corrected chi connectivity index (χ4v) is 2.81. The second kappa shape index (κ2) is 8.97. The third-order valence-electron chi connectivity index (χ3n) is 4.09. The molecule has 0 atom stereocenters. The Morgan fingerprint density at radius 1 is 1.00 bits per heavy atom. The van der Waals surface area contributed by atoms with E-state index in [1.807, 2.05) is 44.2 Å². The largest absolute Gasteiger partial charge is 0.439 e. The summed E-state index contributed by atoms with van der Waals surface area (Å²) in [6.07, 6.45) is 1.62. The molecule has 2 amide bonds. The lowest BCUT2D eigenvalue weighted by Gasteiger charge is -2.11. The molecule has 0 unspecified atom stereocenters. The van der Waals surface area contributed by atoms with E-state index in [1.54, 1.807) is 12.1 Å². The molecule has 3 aromatic rings. The Hall–Kier alpha value is -3.74. The normalized spacial score (nSPS) is 10.3. The number of aromatic nitrogens is 2. The van der Waals surface area contributed by atoms with Crippen LogP contribution in [0, 0.1) is 13.8 Å². The van der Waals surface area contributed by atoms with Crippen molar-refractivity contribution in [3.63, 3.8) is 0 Å². The van der Waals surface area contributed by atoms with Gasteiger partial charge in [-0.05, 0) is 43.2 Å². The highest BCUT2D eigenvalue weighted by Gasteiger charge is 2.09. The Morgan fingerprint density at radius 3 is 2.55 bits per heavy atom. The summed E-state index contributed by atoms with van der Waals surface area (Å²) in [5.74, 6) is 0.921. The van der Waals surface area contributed by atoms with Crippen LogP contribution in [0.15, 0.2) is 54.9 Å². The fraction of sp³-hybridized carbons (Fsp3) is 0.182. The molecular formula is C22H22N4O3. The summed E-state index contributed by atoms with van der Waals surface area (Å²) in [7, 11) is 0. The lowest BCUT2D eigenvalue weighted by atomic mass is 10.1. The van der Waals surface area contributed by atoms with E-state index in [1.165, 1.54) is 19.3 Å². The first-order valence-electron chi connectivity index (χ1n) is 9.12. The number of hydrogen-bond acceptors (Lipinski definition) is 5. The van der Waals surface area contributed by atoms with Gasteiger partial charge in [0.1, 0.15) is 17.9 Å². The second-order valence-electron chi connectivity index (χ2n) is 6.72. The van der Waals surface area contributed by atoms with Crippen molar-refractivity contribution in [2.75, 3.05) is 10.6 Å². The Bertz CT molecular complexity index is 1050. The molecule has 7 heteroatoms. The van der Waals surface area contributed by atoms with Crippen LogP contribution < -0.4 is 15.4 Å². The first-order chi connectivity index (χ1) is 13.9. The van der Waals surface area contributed by atoms with Crippen molar-refractivity contribution >= 4 is 23.3 Å². The minimum Gasteiger partial charge on any atom is -0.439 e. The molecule has 2 N–H and O–H groups in total. The van der Waals surface area contributed by atoms with E-state index in [9.17, 15) is 9.59 Å².